The third-order valence-electron chi connectivity index (χ3n) is 3.53. The Balaban J connectivity index is 0. The van der Waals surface area contributed by atoms with Gasteiger partial charge in [-0.2, -0.15) is 0 Å². The van der Waals surface area contributed by atoms with Crippen molar-refractivity contribution in [1.29, 1.82) is 0 Å². The summed E-state index contributed by atoms with van der Waals surface area (Å²) in [6.45, 7) is 2.67. The summed E-state index contributed by atoms with van der Waals surface area (Å²) in [5.41, 5.74) is 5.34. The number of rotatable bonds is 14. The average molecular weight is 345 g/mol. The number of carbonyl (C=O) groups is 2. The van der Waals surface area contributed by atoms with E-state index in [-0.39, 0.29) is 6.10 Å². The Kier molecular flexibility index (Phi) is 20.3. The van der Waals surface area contributed by atoms with Crippen molar-refractivity contribution in [3.8, 4) is 0 Å². The van der Waals surface area contributed by atoms with Crippen LogP contribution < -0.4 is 5.73 Å². The highest BCUT2D eigenvalue weighted by Gasteiger charge is 1.99. The molecule has 0 fully saturated rings. The van der Waals surface area contributed by atoms with Crippen molar-refractivity contribution in [3.63, 3.8) is 0 Å². The van der Waals surface area contributed by atoms with E-state index in [1.807, 2.05) is 0 Å². The first-order chi connectivity index (χ1) is 11.4. The molecule has 0 aromatic rings. The van der Waals surface area contributed by atoms with Gasteiger partial charge >= 0.3 is 11.9 Å². The van der Waals surface area contributed by atoms with Crippen LogP contribution in [0.15, 0.2) is 12.2 Å². The molecular formula is C18H35NO5. The smallest absolute Gasteiger partial charge is 0.328 e. The maximum Gasteiger partial charge on any atom is 0.328 e. The van der Waals surface area contributed by atoms with Crippen LogP contribution in [0, 0.1) is 0 Å². The fourth-order valence-electron chi connectivity index (χ4n) is 2.13. The fraction of sp³-hybridized carbons (Fsp3) is 0.778. The number of aliphatic hydroxyl groups is 1. The van der Waals surface area contributed by atoms with Gasteiger partial charge in [0, 0.05) is 18.7 Å². The predicted octanol–water partition coefficient (Wildman–Crippen LogP) is 3.33. The van der Waals surface area contributed by atoms with E-state index < -0.39 is 11.9 Å². The first-order valence-electron chi connectivity index (χ1n) is 8.96. The van der Waals surface area contributed by atoms with Gasteiger partial charge in [-0.1, -0.05) is 71.1 Å². The van der Waals surface area contributed by atoms with Gasteiger partial charge in [0.05, 0.1) is 6.10 Å². The monoisotopic (exact) mass is 345 g/mol. The van der Waals surface area contributed by atoms with Gasteiger partial charge in [-0.25, -0.2) is 9.59 Å². The molecule has 6 heteroatoms. The Morgan fingerprint density at radius 1 is 0.833 bits per heavy atom. The number of hydrogen-bond acceptors (Lipinski definition) is 4. The van der Waals surface area contributed by atoms with Crippen molar-refractivity contribution in [2.75, 3.05) is 6.54 Å². The molecule has 0 radical (unpaired) electrons. The Morgan fingerprint density at radius 2 is 1.21 bits per heavy atom. The maximum absolute atomic E-state index is 9.55. The number of nitrogens with two attached hydrogens (primary N) is 1. The van der Waals surface area contributed by atoms with Crippen LogP contribution in [-0.4, -0.2) is 39.9 Å². The molecule has 0 saturated heterocycles. The molecule has 0 amide bonds. The molecule has 0 aliphatic carbocycles. The van der Waals surface area contributed by atoms with Crippen LogP contribution in [0.3, 0.4) is 0 Å². The van der Waals surface area contributed by atoms with Gasteiger partial charge < -0.3 is 21.1 Å². The standard InChI is InChI=1S/C14H31NO.C4H4O4/c1-2-3-4-5-6-7-8-9-10-11-12-14(16)13-15;5-3(6)1-2-4(7)8/h14,16H,2-13,15H2,1H3;1-2H,(H,5,6)(H,7,8). The molecule has 1 atom stereocenters. The van der Waals surface area contributed by atoms with E-state index >= 15 is 0 Å². The molecule has 0 rings (SSSR count). The summed E-state index contributed by atoms with van der Waals surface area (Å²) in [4.78, 5) is 19.1. The lowest BCUT2D eigenvalue weighted by atomic mass is 10.0. The lowest BCUT2D eigenvalue weighted by Crippen LogP contribution is -2.19. The van der Waals surface area contributed by atoms with E-state index in [1.165, 1.54) is 57.8 Å². The molecule has 6 nitrogen and oxygen atoms in total. The zero-order chi connectivity index (χ0) is 18.6. The normalized spacial score (nSPS) is 11.8. The van der Waals surface area contributed by atoms with Gasteiger partial charge in [0.2, 0.25) is 0 Å². The molecule has 0 aliphatic heterocycles. The van der Waals surface area contributed by atoms with Crippen LogP contribution in [0.4, 0.5) is 0 Å². The molecule has 0 aromatic carbocycles. The minimum atomic E-state index is -1.26. The van der Waals surface area contributed by atoms with Crippen molar-refractivity contribution >= 4 is 11.9 Å². The number of hydrogen-bond donors (Lipinski definition) is 4. The predicted molar refractivity (Wildman–Crippen MR) is 95.9 cm³/mol. The van der Waals surface area contributed by atoms with Gasteiger partial charge in [-0.15, -0.1) is 0 Å². The molecule has 5 N–H and O–H groups in total. The van der Waals surface area contributed by atoms with Crippen molar-refractivity contribution in [1.82, 2.24) is 0 Å². The van der Waals surface area contributed by atoms with Crippen LogP contribution in [0.25, 0.3) is 0 Å². The van der Waals surface area contributed by atoms with E-state index in [0.29, 0.717) is 18.7 Å². The highest BCUT2D eigenvalue weighted by Crippen LogP contribution is 2.11. The van der Waals surface area contributed by atoms with E-state index in [2.05, 4.69) is 6.92 Å². The first kappa shape index (κ1) is 24.8. The minimum absolute atomic E-state index is 0.269. The second-order valence-electron chi connectivity index (χ2n) is 5.87. The summed E-state index contributed by atoms with van der Waals surface area (Å²) in [5.74, 6) is -2.51. The first-order valence-corrected chi connectivity index (χ1v) is 8.96. The average Bonchev–Trinajstić information content (AvgIpc) is 2.55. The number of carboxylic acids is 2. The third-order valence-corrected chi connectivity index (χ3v) is 3.53. The van der Waals surface area contributed by atoms with E-state index in [9.17, 15) is 14.7 Å². The van der Waals surface area contributed by atoms with Gasteiger partial charge in [-0.3, -0.25) is 0 Å². The summed E-state index contributed by atoms with van der Waals surface area (Å²) < 4.78 is 0. The van der Waals surface area contributed by atoms with Crippen LogP contribution >= 0.6 is 0 Å². The van der Waals surface area contributed by atoms with Gasteiger partial charge in [0.25, 0.3) is 0 Å². The van der Waals surface area contributed by atoms with Crippen LogP contribution in [0.2, 0.25) is 0 Å². The number of carboxylic acid groups (broad SMARTS) is 2. The fourth-order valence-corrected chi connectivity index (χ4v) is 2.13. The number of unbranched alkanes of at least 4 members (excludes halogenated alkanes) is 9. The summed E-state index contributed by atoms with van der Waals surface area (Å²) in [6, 6.07) is 0. The van der Waals surface area contributed by atoms with E-state index in [0.717, 1.165) is 12.8 Å². The summed E-state index contributed by atoms with van der Waals surface area (Å²) >= 11 is 0. The topological polar surface area (TPSA) is 121 Å². The molecular weight excluding hydrogens is 310 g/mol. The van der Waals surface area contributed by atoms with Crippen LogP contribution in [0.5, 0.6) is 0 Å². The van der Waals surface area contributed by atoms with Crippen LogP contribution in [-0.2, 0) is 9.59 Å². The number of aliphatic carboxylic acids is 2. The summed E-state index contributed by atoms with van der Waals surface area (Å²) in [5, 5.41) is 24.9. The summed E-state index contributed by atoms with van der Waals surface area (Å²) in [6.07, 6.45) is 15.2. The maximum atomic E-state index is 9.55. The molecule has 142 valence electrons. The largest absolute Gasteiger partial charge is 0.478 e. The number of aliphatic hydroxyl groups excluding tert-OH is 1. The Hall–Kier alpha value is -1.40. The molecule has 0 spiro atoms. The van der Waals surface area contributed by atoms with Crippen molar-refractivity contribution < 1.29 is 24.9 Å². The van der Waals surface area contributed by atoms with E-state index in [1.54, 1.807) is 0 Å². The third kappa shape index (κ3) is 25.5. The second-order valence-corrected chi connectivity index (χ2v) is 5.87. The Labute approximate surface area is 145 Å². The SMILES string of the molecule is CCCCCCCCCCCCC(O)CN.O=C(O)C=CC(=O)O. The lowest BCUT2D eigenvalue weighted by molar-refractivity contribution is -0.134. The van der Waals surface area contributed by atoms with Gasteiger partial charge in [0.15, 0.2) is 0 Å². The van der Waals surface area contributed by atoms with E-state index in [4.69, 9.17) is 15.9 Å². The molecule has 0 aromatic heterocycles. The molecule has 1 unspecified atom stereocenters. The second kappa shape index (κ2) is 19.6. The van der Waals surface area contributed by atoms with Crippen LogP contribution in [0.1, 0.15) is 77.6 Å². The molecule has 0 saturated carbocycles. The highest BCUT2D eigenvalue weighted by molar-refractivity contribution is 5.89. The zero-order valence-corrected chi connectivity index (χ0v) is 15.0. The minimum Gasteiger partial charge on any atom is -0.478 e. The molecule has 0 aliphatic rings. The zero-order valence-electron chi connectivity index (χ0n) is 15.0. The van der Waals surface area contributed by atoms with Gasteiger partial charge in [0.1, 0.15) is 0 Å². The Bertz CT molecular complexity index is 315. The lowest BCUT2D eigenvalue weighted by Gasteiger charge is -2.06. The molecule has 0 heterocycles. The summed E-state index contributed by atoms with van der Waals surface area (Å²) in [7, 11) is 0. The van der Waals surface area contributed by atoms with Crippen molar-refractivity contribution in [2.24, 2.45) is 5.73 Å². The van der Waals surface area contributed by atoms with Crippen molar-refractivity contribution in [3.05, 3.63) is 12.2 Å². The van der Waals surface area contributed by atoms with Crippen molar-refractivity contribution in [2.45, 2.75) is 83.7 Å². The quantitative estimate of drug-likeness (QED) is 0.283. The highest BCUT2D eigenvalue weighted by atomic mass is 16.4. The molecule has 24 heavy (non-hydrogen) atoms. The molecule has 0 bridgehead atoms. The van der Waals surface area contributed by atoms with Gasteiger partial charge in [-0.05, 0) is 6.42 Å². The Morgan fingerprint density at radius 3 is 1.54 bits per heavy atom.